The number of nitrogen functional groups attached to an aromatic ring is 1. The average molecular weight is 250 g/mol. The third kappa shape index (κ3) is 4.28. The maximum atomic E-state index is 11.5. The molecule has 0 aromatic heterocycles. The Hall–Kier alpha value is -1.71. The van der Waals surface area contributed by atoms with Crippen LogP contribution in [0, 0.1) is 0 Å². The molecular formula is C14H22N2O2. The first-order chi connectivity index (χ1) is 8.54. The lowest BCUT2D eigenvalue weighted by Gasteiger charge is -2.11. The minimum absolute atomic E-state index is 0.125. The summed E-state index contributed by atoms with van der Waals surface area (Å²) >= 11 is 0. The fourth-order valence-corrected chi connectivity index (χ4v) is 1.57. The smallest absolute Gasteiger partial charge is 0.222 e. The number of nitrogens with two attached hydrogens (primary N) is 1. The molecule has 0 saturated carbocycles. The summed E-state index contributed by atoms with van der Waals surface area (Å²) in [7, 11) is 3.52. The number of carbonyl (C=O) groups is 1. The molecule has 4 nitrogen and oxygen atoms in total. The third-order valence-electron chi connectivity index (χ3n) is 2.66. The van der Waals surface area contributed by atoms with Gasteiger partial charge in [0, 0.05) is 20.5 Å². The van der Waals surface area contributed by atoms with E-state index >= 15 is 0 Å². The van der Waals surface area contributed by atoms with Crippen LogP contribution in [0.25, 0.3) is 0 Å². The van der Waals surface area contributed by atoms with Crippen molar-refractivity contribution in [1.82, 2.24) is 4.90 Å². The summed E-state index contributed by atoms with van der Waals surface area (Å²) in [5.41, 5.74) is 7.61. The van der Waals surface area contributed by atoms with Gasteiger partial charge >= 0.3 is 0 Å². The molecule has 0 fully saturated rings. The molecule has 0 aliphatic heterocycles. The van der Waals surface area contributed by atoms with Crippen LogP contribution in [0.4, 0.5) is 5.69 Å². The summed E-state index contributed by atoms with van der Waals surface area (Å²) in [4.78, 5) is 13.1. The van der Waals surface area contributed by atoms with Crippen molar-refractivity contribution >= 4 is 11.6 Å². The molecule has 0 saturated heterocycles. The van der Waals surface area contributed by atoms with Crippen LogP contribution in [0.3, 0.4) is 0 Å². The molecular weight excluding hydrogens is 228 g/mol. The Labute approximate surface area is 109 Å². The van der Waals surface area contributed by atoms with E-state index in [2.05, 4.69) is 6.92 Å². The van der Waals surface area contributed by atoms with Gasteiger partial charge < -0.3 is 15.4 Å². The Bertz CT molecular complexity index is 403. The van der Waals surface area contributed by atoms with Crippen molar-refractivity contribution in [1.29, 1.82) is 0 Å². The molecule has 0 bridgehead atoms. The van der Waals surface area contributed by atoms with Crippen LogP contribution in [0.5, 0.6) is 5.75 Å². The molecule has 4 heteroatoms. The predicted octanol–water partition coefficient (Wildman–Crippen LogP) is 2.08. The number of hydrogen-bond acceptors (Lipinski definition) is 3. The standard InChI is InChI=1S/C14H22N2O2/c1-4-9-18-13-7-5-11(10-12(13)15)6-8-14(17)16(2)3/h5,7,10H,4,6,8-9,15H2,1-3H3. The Morgan fingerprint density at radius 2 is 2.11 bits per heavy atom. The highest BCUT2D eigenvalue weighted by Gasteiger charge is 2.06. The minimum atomic E-state index is 0.125. The van der Waals surface area contributed by atoms with Gasteiger partial charge in [0.1, 0.15) is 5.75 Å². The second-order valence-electron chi connectivity index (χ2n) is 4.51. The van der Waals surface area contributed by atoms with E-state index in [1.807, 2.05) is 18.2 Å². The van der Waals surface area contributed by atoms with Crippen molar-refractivity contribution in [2.45, 2.75) is 26.2 Å². The van der Waals surface area contributed by atoms with Gasteiger partial charge in [-0.1, -0.05) is 13.0 Å². The molecule has 0 aliphatic carbocycles. The normalized spacial score (nSPS) is 10.2. The lowest BCUT2D eigenvalue weighted by molar-refractivity contribution is -0.128. The molecule has 1 aromatic rings. The lowest BCUT2D eigenvalue weighted by atomic mass is 10.1. The molecule has 2 N–H and O–H groups in total. The molecule has 0 atom stereocenters. The van der Waals surface area contributed by atoms with Crippen LogP contribution in [-0.2, 0) is 11.2 Å². The van der Waals surface area contributed by atoms with Crippen LogP contribution in [0.15, 0.2) is 18.2 Å². The topological polar surface area (TPSA) is 55.6 Å². The highest BCUT2D eigenvalue weighted by Crippen LogP contribution is 2.23. The summed E-state index contributed by atoms with van der Waals surface area (Å²) in [5, 5.41) is 0. The molecule has 1 rings (SSSR count). The van der Waals surface area contributed by atoms with Crippen molar-refractivity contribution in [3.63, 3.8) is 0 Å². The summed E-state index contributed by atoms with van der Waals surface area (Å²) in [5.74, 6) is 0.847. The van der Waals surface area contributed by atoms with Gasteiger partial charge in [-0.15, -0.1) is 0 Å². The van der Waals surface area contributed by atoms with Crippen molar-refractivity contribution in [3.05, 3.63) is 23.8 Å². The van der Waals surface area contributed by atoms with E-state index in [0.29, 0.717) is 25.1 Å². The maximum Gasteiger partial charge on any atom is 0.222 e. The van der Waals surface area contributed by atoms with Crippen LogP contribution in [0.2, 0.25) is 0 Å². The molecule has 0 aliphatic rings. The SMILES string of the molecule is CCCOc1ccc(CCC(=O)N(C)C)cc1N. The van der Waals surface area contributed by atoms with E-state index in [4.69, 9.17) is 10.5 Å². The summed E-state index contributed by atoms with van der Waals surface area (Å²) < 4.78 is 5.50. The first-order valence-electron chi connectivity index (χ1n) is 6.26. The van der Waals surface area contributed by atoms with Crippen molar-refractivity contribution in [3.8, 4) is 5.75 Å². The van der Waals surface area contributed by atoms with E-state index < -0.39 is 0 Å². The Kier molecular flexibility index (Phi) is 5.49. The van der Waals surface area contributed by atoms with Crippen LogP contribution < -0.4 is 10.5 Å². The Balaban J connectivity index is 2.58. The predicted molar refractivity (Wildman–Crippen MR) is 73.7 cm³/mol. The number of amides is 1. The van der Waals surface area contributed by atoms with Crippen LogP contribution >= 0.6 is 0 Å². The fourth-order valence-electron chi connectivity index (χ4n) is 1.57. The van der Waals surface area contributed by atoms with Crippen molar-refractivity contribution in [2.24, 2.45) is 0 Å². The first kappa shape index (κ1) is 14.4. The molecule has 0 radical (unpaired) electrons. The number of nitrogens with zero attached hydrogens (tertiary/aromatic N) is 1. The monoisotopic (exact) mass is 250 g/mol. The number of benzene rings is 1. The van der Waals surface area contributed by atoms with Gasteiger partial charge in [-0.05, 0) is 30.5 Å². The maximum absolute atomic E-state index is 11.5. The van der Waals surface area contributed by atoms with E-state index in [1.165, 1.54) is 0 Å². The Morgan fingerprint density at radius 1 is 1.39 bits per heavy atom. The van der Waals surface area contributed by atoms with Gasteiger partial charge in [-0.2, -0.15) is 0 Å². The zero-order valence-electron chi connectivity index (χ0n) is 11.4. The zero-order valence-corrected chi connectivity index (χ0v) is 11.4. The average Bonchev–Trinajstić information content (AvgIpc) is 2.34. The molecule has 0 spiro atoms. The van der Waals surface area contributed by atoms with E-state index in [9.17, 15) is 4.79 Å². The largest absolute Gasteiger partial charge is 0.491 e. The number of ether oxygens (including phenoxy) is 1. The third-order valence-corrected chi connectivity index (χ3v) is 2.66. The molecule has 0 heterocycles. The number of aryl methyl sites for hydroxylation is 1. The summed E-state index contributed by atoms with van der Waals surface area (Å²) in [6.45, 7) is 2.72. The number of carbonyl (C=O) groups excluding carboxylic acids is 1. The van der Waals surface area contributed by atoms with Crippen LogP contribution in [-0.4, -0.2) is 31.5 Å². The van der Waals surface area contributed by atoms with Gasteiger partial charge in [0.15, 0.2) is 0 Å². The van der Waals surface area contributed by atoms with Crippen molar-refractivity contribution < 1.29 is 9.53 Å². The summed E-state index contributed by atoms with van der Waals surface area (Å²) in [6, 6.07) is 5.72. The highest BCUT2D eigenvalue weighted by molar-refractivity contribution is 5.75. The van der Waals surface area contributed by atoms with Gasteiger partial charge in [-0.3, -0.25) is 4.79 Å². The molecule has 1 amide bonds. The second-order valence-corrected chi connectivity index (χ2v) is 4.51. The van der Waals surface area contributed by atoms with Crippen LogP contribution in [0.1, 0.15) is 25.3 Å². The number of hydrogen-bond donors (Lipinski definition) is 1. The molecule has 18 heavy (non-hydrogen) atoms. The van der Waals surface area contributed by atoms with Crippen molar-refractivity contribution in [2.75, 3.05) is 26.4 Å². The van der Waals surface area contributed by atoms with Gasteiger partial charge in [0.2, 0.25) is 5.91 Å². The lowest BCUT2D eigenvalue weighted by Crippen LogP contribution is -2.21. The quantitative estimate of drug-likeness (QED) is 0.786. The minimum Gasteiger partial charge on any atom is -0.491 e. The first-order valence-corrected chi connectivity index (χ1v) is 6.26. The second kappa shape index (κ2) is 6.89. The van der Waals surface area contributed by atoms with Gasteiger partial charge in [0.25, 0.3) is 0 Å². The van der Waals surface area contributed by atoms with E-state index in [-0.39, 0.29) is 5.91 Å². The number of anilines is 1. The van der Waals surface area contributed by atoms with E-state index in [1.54, 1.807) is 19.0 Å². The Morgan fingerprint density at radius 3 is 2.67 bits per heavy atom. The fraction of sp³-hybridized carbons (Fsp3) is 0.500. The van der Waals surface area contributed by atoms with Gasteiger partial charge in [0.05, 0.1) is 12.3 Å². The highest BCUT2D eigenvalue weighted by atomic mass is 16.5. The van der Waals surface area contributed by atoms with Gasteiger partial charge in [-0.25, -0.2) is 0 Å². The zero-order chi connectivity index (χ0) is 13.5. The number of rotatable bonds is 6. The molecule has 1 aromatic carbocycles. The summed E-state index contributed by atoms with van der Waals surface area (Å²) in [6.07, 6.45) is 2.16. The molecule has 100 valence electrons. The molecule has 0 unspecified atom stereocenters. The van der Waals surface area contributed by atoms with E-state index in [0.717, 1.165) is 17.7 Å².